The molecule has 7 heteroatoms. The lowest BCUT2D eigenvalue weighted by Gasteiger charge is -2.05. The van der Waals surface area contributed by atoms with E-state index in [1.807, 2.05) is 31.3 Å². The Hall–Kier alpha value is -3.16. The number of nitrogens with zero attached hydrogens (tertiary/aromatic N) is 1. The van der Waals surface area contributed by atoms with Gasteiger partial charge in [0, 0.05) is 17.0 Å². The summed E-state index contributed by atoms with van der Waals surface area (Å²) in [7, 11) is -2.56. The van der Waals surface area contributed by atoms with Crippen molar-refractivity contribution in [2.24, 2.45) is 0 Å². The summed E-state index contributed by atoms with van der Waals surface area (Å²) in [4.78, 5) is 3.30. The van der Waals surface area contributed by atoms with Gasteiger partial charge in [0.15, 0.2) is 5.75 Å². The molecule has 0 amide bonds. The Morgan fingerprint density at radius 2 is 1.83 bits per heavy atom. The van der Waals surface area contributed by atoms with Crippen molar-refractivity contribution in [3.63, 3.8) is 0 Å². The Morgan fingerprint density at radius 1 is 1.17 bits per heavy atom. The van der Waals surface area contributed by atoms with E-state index in [9.17, 15) is 13.0 Å². The summed E-state index contributed by atoms with van der Waals surface area (Å²) in [6.45, 7) is 8.74. The Bertz CT molecular complexity index is 1310. The van der Waals surface area contributed by atoms with Crippen LogP contribution in [0.3, 0.4) is 0 Å². The van der Waals surface area contributed by atoms with E-state index in [0.717, 1.165) is 40.0 Å². The summed E-state index contributed by atoms with van der Waals surface area (Å²) in [6.07, 6.45) is 3.93. The minimum Gasteiger partial charge on any atom is -0.744 e. The van der Waals surface area contributed by atoms with Crippen LogP contribution in [-0.2, 0) is 16.7 Å². The van der Waals surface area contributed by atoms with Gasteiger partial charge in [-0.15, -0.1) is 0 Å². The summed E-state index contributed by atoms with van der Waals surface area (Å²) in [5.74, 6) is 0.889. The standard InChI is InChI=1S/C16H16N2O.C7H8O3S/c1-4-13-16-15(14(19-3)10-18(13)5-2)11-8-6-7-9-12(11)17-16;1-6-2-4-7(5-3-6)11(8,9)10/h4,6-10H,1,5H2,2-3H3;2-5H,1H3,(H,8,9,10). The first-order valence-corrected chi connectivity index (χ1v) is 10.9. The third kappa shape index (κ3) is 4.22. The topological polar surface area (TPSA) is 86.1 Å². The second-order valence-electron chi connectivity index (χ2n) is 6.76. The fourth-order valence-electron chi connectivity index (χ4n) is 3.35. The third-order valence-electron chi connectivity index (χ3n) is 4.85. The SMILES string of the molecule is C=Cc1c2[nH]c3ccccc3c2c(OC)c[n+]1CC.Cc1ccc(S(=O)(=O)[O-])cc1. The average molecular weight is 425 g/mol. The molecule has 0 aliphatic rings. The molecule has 0 fully saturated rings. The second-order valence-corrected chi connectivity index (χ2v) is 8.14. The van der Waals surface area contributed by atoms with E-state index in [1.54, 1.807) is 19.2 Å². The largest absolute Gasteiger partial charge is 0.744 e. The van der Waals surface area contributed by atoms with Gasteiger partial charge in [0.2, 0.25) is 11.9 Å². The molecule has 30 heavy (non-hydrogen) atoms. The number of hydrogen-bond acceptors (Lipinski definition) is 4. The van der Waals surface area contributed by atoms with Crippen LogP contribution in [0.2, 0.25) is 0 Å². The summed E-state index contributed by atoms with van der Waals surface area (Å²) >= 11 is 0. The zero-order valence-electron chi connectivity index (χ0n) is 17.2. The summed E-state index contributed by atoms with van der Waals surface area (Å²) in [5.41, 5.74) is 4.22. The van der Waals surface area contributed by atoms with E-state index >= 15 is 0 Å². The van der Waals surface area contributed by atoms with Gasteiger partial charge < -0.3 is 14.3 Å². The number of methoxy groups -OCH3 is 1. The van der Waals surface area contributed by atoms with Gasteiger partial charge >= 0.3 is 0 Å². The van der Waals surface area contributed by atoms with Crippen molar-refractivity contribution in [3.8, 4) is 5.75 Å². The lowest BCUT2D eigenvalue weighted by atomic mass is 10.1. The van der Waals surface area contributed by atoms with Crippen LogP contribution in [0.1, 0.15) is 18.2 Å². The molecule has 0 aliphatic heterocycles. The van der Waals surface area contributed by atoms with Crippen molar-refractivity contribution in [1.29, 1.82) is 0 Å². The first-order chi connectivity index (χ1) is 14.3. The molecule has 0 bridgehead atoms. The quantitative estimate of drug-likeness (QED) is 0.393. The fraction of sp³-hybridized carbons (Fsp3) is 0.174. The molecule has 0 spiro atoms. The molecule has 6 nitrogen and oxygen atoms in total. The highest BCUT2D eigenvalue weighted by atomic mass is 32.2. The third-order valence-corrected chi connectivity index (χ3v) is 5.70. The predicted octanol–water partition coefficient (Wildman–Crippen LogP) is 4.18. The highest BCUT2D eigenvalue weighted by Crippen LogP contribution is 2.33. The minimum absolute atomic E-state index is 0.178. The van der Waals surface area contributed by atoms with Crippen LogP contribution >= 0.6 is 0 Å². The molecule has 0 unspecified atom stereocenters. The number of aromatic nitrogens is 2. The van der Waals surface area contributed by atoms with Crippen LogP contribution in [0.5, 0.6) is 5.75 Å². The van der Waals surface area contributed by atoms with Crippen molar-refractivity contribution in [1.82, 2.24) is 4.98 Å². The van der Waals surface area contributed by atoms with Crippen molar-refractivity contribution < 1.29 is 22.3 Å². The van der Waals surface area contributed by atoms with Crippen LogP contribution < -0.4 is 9.30 Å². The van der Waals surface area contributed by atoms with E-state index in [2.05, 4.69) is 35.2 Å². The molecule has 2 heterocycles. The molecule has 2 aromatic carbocycles. The molecular weight excluding hydrogens is 400 g/mol. The Morgan fingerprint density at radius 3 is 2.40 bits per heavy atom. The van der Waals surface area contributed by atoms with E-state index in [-0.39, 0.29) is 4.90 Å². The van der Waals surface area contributed by atoms with Crippen molar-refractivity contribution in [3.05, 3.63) is 72.6 Å². The maximum atomic E-state index is 10.4. The Kier molecular flexibility index (Phi) is 6.24. The smallest absolute Gasteiger partial charge is 0.229 e. The van der Waals surface area contributed by atoms with Crippen LogP contribution in [0.15, 0.2) is 66.2 Å². The number of hydrogen-bond donors (Lipinski definition) is 1. The molecule has 0 saturated carbocycles. The highest BCUT2D eigenvalue weighted by Gasteiger charge is 2.20. The number of aryl methyl sites for hydroxylation is 2. The lowest BCUT2D eigenvalue weighted by Crippen LogP contribution is -2.35. The monoisotopic (exact) mass is 424 g/mol. The van der Waals surface area contributed by atoms with Crippen molar-refractivity contribution >= 4 is 38.0 Å². The summed E-state index contributed by atoms with van der Waals surface area (Å²) in [5, 5.41) is 2.30. The van der Waals surface area contributed by atoms with Gasteiger partial charge in [-0.2, -0.15) is 4.57 Å². The van der Waals surface area contributed by atoms with Gasteiger partial charge in [0.1, 0.15) is 22.2 Å². The van der Waals surface area contributed by atoms with Crippen LogP contribution in [-0.4, -0.2) is 25.1 Å². The number of pyridine rings is 1. The number of nitrogens with one attached hydrogen (secondary N) is 1. The molecule has 1 N–H and O–H groups in total. The number of benzene rings is 2. The normalized spacial score (nSPS) is 11.2. The Balaban J connectivity index is 0.000000199. The number of aromatic amines is 1. The van der Waals surface area contributed by atoms with Gasteiger partial charge in [-0.3, -0.25) is 0 Å². The van der Waals surface area contributed by atoms with E-state index in [1.165, 1.54) is 17.5 Å². The van der Waals surface area contributed by atoms with E-state index in [0.29, 0.717) is 0 Å². The molecule has 0 atom stereocenters. The molecule has 156 valence electrons. The number of rotatable bonds is 4. The minimum atomic E-state index is -4.27. The second kappa shape index (κ2) is 8.69. The molecule has 2 aromatic heterocycles. The maximum Gasteiger partial charge on any atom is 0.229 e. The Labute approximate surface area is 176 Å². The molecule has 0 radical (unpaired) electrons. The number of ether oxygens (including phenoxy) is 1. The van der Waals surface area contributed by atoms with E-state index < -0.39 is 10.1 Å². The van der Waals surface area contributed by atoms with Gasteiger partial charge in [-0.05, 0) is 32.0 Å². The molecule has 0 saturated heterocycles. The van der Waals surface area contributed by atoms with Gasteiger partial charge in [0.05, 0.1) is 17.4 Å². The molecular formula is C23H24N2O4S. The van der Waals surface area contributed by atoms with Crippen LogP contribution in [0, 0.1) is 6.92 Å². The number of H-pyrrole nitrogens is 1. The highest BCUT2D eigenvalue weighted by molar-refractivity contribution is 7.85. The predicted molar refractivity (Wildman–Crippen MR) is 117 cm³/mol. The number of para-hydroxylation sites is 1. The lowest BCUT2D eigenvalue weighted by molar-refractivity contribution is -0.694. The fourth-order valence-corrected chi connectivity index (χ4v) is 3.82. The van der Waals surface area contributed by atoms with Gasteiger partial charge in [0.25, 0.3) is 0 Å². The molecule has 0 aliphatic carbocycles. The van der Waals surface area contributed by atoms with Crippen LogP contribution in [0.25, 0.3) is 27.9 Å². The van der Waals surface area contributed by atoms with Gasteiger partial charge in [-0.25, -0.2) is 8.42 Å². The van der Waals surface area contributed by atoms with E-state index in [4.69, 9.17) is 4.74 Å². The number of fused-ring (bicyclic) bond motifs is 3. The van der Waals surface area contributed by atoms with Crippen LogP contribution in [0.4, 0.5) is 0 Å². The summed E-state index contributed by atoms with van der Waals surface area (Å²) in [6, 6.07) is 14.1. The zero-order valence-corrected chi connectivity index (χ0v) is 18.0. The zero-order chi connectivity index (χ0) is 21.9. The van der Waals surface area contributed by atoms with Crippen molar-refractivity contribution in [2.75, 3.05) is 7.11 Å². The van der Waals surface area contributed by atoms with Crippen molar-refractivity contribution in [2.45, 2.75) is 25.3 Å². The summed E-state index contributed by atoms with van der Waals surface area (Å²) < 4.78 is 38.9. The van der Waals surface area contributed by atoms with Gasteiger partial charge in [-0.1, -0.05) is 42.5 Å². The average Bonchev–Trinajstić information content (AvgIpc) is 3.12. The molecule has 4 aromatic rings. The maximum absolute atomic E-state index is 10.4. The first kappa shape index (κ1) is 21.5. The first-order valence-electron chi connectivity index (χ1n) is 9.46. The molecule has 4 rings (SSSR count).